The Morgan fingerprint density at radius 2 is 1.05 bits per heavy atom. The van der Waals surface area contributed by atoms with E-state index in [1.165, 1.54) is 46.6 Å². The molecular formula is C55H55BCaCl2IN17O10. The number of terminal acetylenes is 2. The van der Waals surface area contributed by atoms with Crippen LogP contribution < -0.4 is 55.5 Å². The number of rotatable bonds is 12. The van der Waals surface area contributed by atoms with Gasteiger partial charge in [0.15, 0.2) is 34.0 Å². The van der Waals surface area contributed by atoms with Gasteiger partial charge in [0, 0.05) is 84.4 Å². The molecule has 9 aromatic rings. The molecule has 9 aromatic heterocycles. The summed E-state index contributed by atoms with van der Waals surface area (Å²) in [5.41, 5.74) is 10.4. The van der Waals surface area contributed by atoms with Gasteiger partial charge >= 0.3 is 74.8 Å². The smallest absolute Gasteiger partial charge is 1.00 e. The van der Waals surface area contributed by atoms with Crippen LogP contribution in [-0.2, 0) is 9.47 Å². The first-order chi connectivity index (χ1) is 40.8. The Hall–Kier alpha value is -8.34. The summed E-state index contributed by atoms with van der Waals surface area (Å²) in [5, 5.41) is 32.8. The third-order valence-corrected chi connectivity index (χ3v) is 11.4. The van der Waals surface area contributed by atoms with E-state index >= 15 is 0 Å². The Morgan fingerprint density at radius 3 is 1.43 bits per heavy atom. The molecule has 0 bridgehead atoms. The number of fused-ring (bicyclic) bond motifs is 3. The van der Waals surface area contributed by atoms with Crippen LogP contribution in [0.5, 0.6) is 18.0 Å². The Morgan fingerprint density at radius 1 is 0.655 bits per heavy atom. The van der Waals surface area contributed by atoms with Crippen LogP contribution in [0.4, 0.5) is 0 Å². The van der Waals surface area contributed by atoms with Gasteiger partial charge in [-0.15, -0.1) is 19.3 Å². The number of nitrogens with one attached hydrogen (secondary N) is 1. The zero-order chi connectivity index (χ0) is 61.0. The molecule has 9 heterocycles. The van der Waals surface area contributed by atoms with Crippen molar-refractivity contribution < 1.29 is 72.9 Å². The third kappa shape index (κ3) is 22.5. The van der Waals surface area contributed by atoms with Crippen molar-refractivity contribution in [2.24, 2.45) is 5.73 Å². The zero-order valence-electron chi connectivity index (χ0n) is 47.7. The van der Waals surface area contributed by atoms with Gasteiger partial charge in [-0.25, -0.2) is 68.0 Å². The molecule has 0 spiro atoms. The van der Waals surface area contributed by atoms with Crippen molar-refractivity contribution in [3.8, 4) is 89.4 Å². The van der Waals surface area contributed by atoms with E-state index in [1.807, 2.05) is 22.6 Å². The molecule has 2 saturated carbocycles. The molecule has 2 aliphatic rings. The van der Waals surface area contributed by atoms with Crippen molar-refractivity contribution in [2.45, 2.75) is 58.5 Å². The van der Waals surface area contributed by atoms with Crippen molar-refractivity contribution in [2.75, 3.05) is 34.5 Å². The van der Waals surface area contributed by atoms with Crippen molar-refractivity contribution in [1.29, 1.82) is 0 Å². The van der Waals surface area contributed by atoms with Crippen LogP contribution in [0.1, 0.15) is 77.9 Å². The number of hydrogen-bond donors (Lipinski definition) is 4. The number of ether oxygens (including phenoxy) is 5. The minimum absolute atomic E-state index is 0. The third-order valence-electron chi connectivity index (χ3n) is 10.4. The summed E-state index contributed by atoms with van der Waals surface area (Å²) >= 11 is 2.03. The maximum Gasteiger partial charge on any atom is 2.00 e. The number of nitrogens with two attached hydrogens (primary N) is 1. The fraction of sp³-hybridized carbons (Fsp3) is 0.255. The molecule has 0 radical (unpaired) electrons. The number of esters is 2. The Labute approximate surface area is 556 Å². The van der Waals surface area contributed by atoms with Gasteiger partial charge in [0.05, 0.1) is 34.5 Å². The van der Waals surface area contributed by atoms with Crippen molar-refractivity contribution in [3.05, 3.63) is 113 Å². The molecule has 11 rings (SSSR count). The van der Waals surface area contributed by atoms with Crippen LogP contribution in [-0.4, -0.2) is 193 Å². The molecule has 5 N–H and O–H groups in total. The second-order valence-corrected chi connectivity index (χ2v) is 17.4. The number of aromatic nitrogens is 15. The van der Waals surface area contributed by atoms with E-state index in [1.54, 1.807) is 114 Å². The topological polar surface area (TPSA) is 344 Å². The van der Waals surface area contributed by atoms with E-state index in [0.717, 1.165) is 12.8 Å². The predicted octanol–water partition coefficient (Wildman–Crippen LogP) is -3.24. The van der Waals surface area contributed by atoms with Gasteiger partial charge in [-0.1, -0.05) is 5.92 Å². The van der Waals surface area contributed by atoms with Gasteiger partial charge in [0.2, 0.25) is 0 Å². The van der Waals surface area contributed by atoms with Crippen molar-refractivity contribution in [3.63, 3.8) is 0 Å². The van der Waals surface area contributed by atoms with Gasteiger partial charge in [0.25, 0.3) is 5.91 Å². The molecule has 27 nitrogen and oxygen atoms in total. The predicted molar refractivity (Wildman–Crippen MR) is 321 cm³/mol. The van der Waals surface area contributed by atoms with Crippen LogP contribution in [0, 0.1) is 52.6 Å². The van der Waals surface area contributed by atoms with E-state index in [4.69, 9.17) is 41.2 Å². The quantitative estimate of drug-likeness (QED) is 0.0404. The SMILES string of the molecule is C#C.C#CC#CC#CC.CCOC(=O)c1nc2cccnn2c1-c1cnc(OC)nc1.CCOC(=O)c1nc2cccnn2c1I.COc1ncc(-c2c(C(=O)NC3CC3)nc3cccnn23)cn1.COc1ncc(B(O)O)cn1.NC1CC1.[Ca+2].[Cl-].[Cl-]. The van der Waals surface area contributed by atoms with Crippen LogP contribution >= 0.6 is 22.6 Å². The number of carbonyl (C=O) groups is 3. The van der Waals surface area contributed by atoms with E-state index in [9.17, 15) is 14.4 Å². The monoisotopic (exact) mass is 1360 g/mol. The summed E-state index contributed by atoms with van der Waals surface area (Å²) < 4.78 is 30.0. The summed E-state index contributed by atoms with van der Waals surface area (Å²) in [5.74, 6) is 10.9. The van der Waals surface area contributed by atoms with Gasteiger partial charge in [0.1, 0.15) is 15.1 Å². The molecule has 446 valence electrons. The number of amides is 1. The molecule has 2 aliphatic carbocycles. The molecule has 0 aliphatic heterocycles. The molecular weight excluding hydrogens is 1310 g/mol. The maximum absolute atomic E-state index is 12.5. The molecule has 1 amide bonds. The van der Waals surface area contributed by atoms with Gasteiger partial charge in [-0.2, -0.15) is 15.3 Å². The maximum atomic E-state index is 12.5. The molecule has 32 heteroatoms. The molecule has 0 aromatic carbocycles. The van der Waals surface area contributed by atoms with Gasteiger partial charge < -0.3 is 69.6 Å². The van der Waals surface area contributed by atoms with Gasteiger partial charge in [-0.3, -0.25) is 4.79 Å². The second kappa shape index (κ2) is 39.4. The first kappa shape index (κ1) is 74.8. The molecule has 0 unspecified atom stereocenters. The molecule has 2 fully saturated rings. The summed E-state index contributed by atoms with van der Waals surface area (Å²) in [4.78, 5) is 72.6. The average molecular weight is 1360 g/mol. The largest absolute Gasteiger partial charge is 2.00 e. The minimum atomic E-state index is -1.53. The van der Waals surface area contributed by atoms with Crippen molar-refractivity contribution in [1.82, 2.24) is 79.0 Å². The fourth-order valence-electron chi connectivity index (χ4n) is 6.35. The van der Waals surface area contributed by atoms with Crippen LogP contribution in [0.25, 0.3) is 39.5 Å². The van der Waals surface area contributed by atoms with Gasteiger partial charge in [-0.05, 0) is 129 Å². The number of hydrogen-bond acceptors (Lipinski definition) is 23. The molecule has 87 heavy (non-hydrogen) atoms. The van der Waals surface area contributed by atoms with Crippen molar-refractivity contribution >= 4 is 108 Å². The van der Waals surface area contributed by atoms with E-state index in [0.29, 0.717) is 67.2 Å². The first-order valence-corrected chi connectivity index (χ1v) is 26.1. The summed E-state index contributed by atoms with van der Waals surface area (Å²) in [6.45, 7) is 5.82. The number of carbonyl (C=O) groups excluding carboxylic acids is 3. The Kier molecular flexibility index (Phi) is 33.8. The minimum Gasteiger partial charge on any atom is -1.00 e. The van der Waals surface area contributed by atoms with Crippen LogP contribution in [0.3, 0.4) is 0 Å². The average Bonchev–Trinajstić information content (AvgIpc) is 1.87. The number of nitrogens with zero attached hydrogens (tertiary/aromatic N) is 15. The second-order valence-electron chi connectivity index (χ2n) is 16.3. The van der Waals surface area contributed by atoms with Crippen LogP contribution in [0.15, 0.2) is 92.2 Å². The Balaban J connectivity index is 0.000000375. The number of methoxy groups -OCH3 is 3. The van der Waals surface area contributed by atoms with E-state index in [2.05, 4.69) is 113 Å². The number of imidazole rings is 3. The van der Waals surface area contributed by atoms with E-state index in [-0.39, 0.29) is 110 Å². The number of halogens is 3. The van der Waals surface area contributed by atoms with E-state index < -0.39 is 19.1 Å². The van der Waals surface area contributed by atoms with Crippen LogP contribution in [0.2, 0.25) is 0 Å². The summed E-state index contributed by atoms with van der Waals surface area (Å²) in [6.07, 6.45) is 31.1. The summed E-state index contributed by atoms with van der Waals surface area (Å²) in [7, 11) is 2.89. The summed E-state index contributed by atoms with van der Waals surface area (Å²) in [6, 6.07) is 12.2. The first-order valence-electron chi connectivity index (χ1n) is 25.0. The standard InChI is InChI=1S/C15H14N6O2.C14H13N5O3.C9H8IN3O2.C7H4.C5H7BN2O3.C3H7N.C2H2.Ca.2ClH/c1-23-15-16-7-9(8-17-15)13-12(14(22)19-10-4-5-10)20-11-3-2-6-18-21(11)13;1-3-22-13(20)11-12(9-7-15-14(21-2)16-8-9)19-10(18-11)5-4-6-17-19;1-2-15-9(14)7-8(10)13-6(12-7)4-3-5-11-13;1-3-5-7-6-4-2;1-11-5-7-2-4(3-8-5)6(9)10;4-3-1-2-3;1-2;;;/h2-3,6-8,10H,4-5H2,1H3,(H,19,22);4-8H,3H2,1-2H3;3-5H,2H2,1H3;1H,2H3;2-3,9-10H,1H3;3H,1-2,4H2;1-2H;;2*1H/q;;;;;;;+2;;/p-2. The normalized spacial score (nSPS) is 10.9. The Bertz CT molecular complexity index is 3830. The fourth-order valence-corrected chi connectivity index (χ4v) is 7.06. The zero-order valence-corrected chi connectivity index (χ0v) is 53.5. The molecule has 0 saturated heterocycles. The molecule has 0 atom stereocenters.